The van der Waals surface area contributed by atoms with Crippen LogP contribution in [0.5, 0.6) is 0 Å². The number of hydrogen-bond donors (Lipinski definition) is 0. The van der Waals surface area contributed by atoms with Crippen molar-refractivity contribution in [2.75, 3.05) is 0 Å². The van der Waals surface area contributed by atoms with Gasteiger partial charge in [-0.1, -0.05) is 25.1 Å². The lowest BCUT2D eigenvalue weighted by Crippen LogP contribution is -1.95. The van der Waals surface area contributed by atoms with Crippen LogP contribution in [0.3, 0.4) is 0 Å². The minimum absolute atomic E-state index is 0.205. The summed E-state index contributed by atoms with van der Waals surface area (Å²) in [4.78, 5) is 12.9. The molecular weight excluding hydrogens is 216 g/mol. The average molecular weight is 230 g/mol. The molecule has 0 radical (unpaired) electrons. The lowest BCUT2D eigenvalue weighted by molar-refractivity contribution is 0.0988. The Bertz CT molecular complexity index is 511. The maximum Gasteiger partial charge on any atom is 0.162 e. The van der Waals surface area contributed by atoms with Crippen LogP contribution in [0.1, 0.15) is 29.3 Å². The number of benzene rings is 1. The minimum Gasteiger partial charge on any atom is -0.294 e. The van der Waals surface area contributed by atoms with Gasteiger partial charge in [-0.15, -0.1) is 11.3 Å². The minimum atomic E-state index is 0.205. The monoisotopic (exact) mass is 230 g/mol. The second-order valence-electron chi connectivity index (χ2n) is 3.79. The average Bonchev–Trinajstić information content (AvgIpc) is 2.74. The Morgan fingerprint density at radius 3 is 2.75 bits per heavy atom. The fraction of sp³-hybridized carbons (Fsp3) is 0.214. The zero-order valence-electron chi connectivity index (χ0n) is 9.49. The van der Waals surface area contributed by atoms with E-state index in [4.69, 9.17) is 0 Å². The summed E-state index contributed by atoms with van der Waals surface area (Å²) in [5.41, 5.74) is 3.23. The van der Waals surface area contributed by atoms with Gasteiger partial charge in [0.25, 0.3) is 0 Å². The first-order chi connectivity index (χ1) is 7.72. The van der Waals surface area contributed by atoms with Crippen molar-refractivity contribution in [3.63, 3.8) is 0 Å². The molecule has 0 saturated heterocycles. The zero-order valence-corrected chi connectivity index (χ0v) is 10.3. The summed E-state index contributed by atoms with van der Waals surface area (Å²) in [6.07, 6.45) is 0.562. The number of aryl methyl sites for hydroxylation is 1. The van der Waals surface area contributed by atoms with Crippen molar-refractivity contribution in [3.8, 4) is 10.4 Å². The molecule has 0 aliphatic rings. The third-order valence-electron chi connectivity index (χ3n) is 2.63. The van der Waals surface area contributed by atoms with E-state index in [0.29, 0.717) is 6.42 Å². The summed E-state index contributed by atoms with van der Waals surface area (Å²) in [5, 5.41) is 2.08. The van der Waals surface area contributed by atoms with Crippen LogP contribution in [0.25, 0.3) is 10.4 Å². The highest BCUT2D eigenvalue weighted by molar-refractivity contribution is 7.13. The number of ketones is 1. The van der Waals surface area contributed by atoms with Crippen LogP contribution in [-0.4, -0.2) is 5.78 Å². The van der Waals surface area contributed by atoms with Crippen molar-refractivity contribution in [3.05, 3.63) is 46.8 Å². The normalized spacial score (nSPS) is 10.4. The molecule has 0 saturated carbocycles. The van der Waals surface area contributed by atoms with Gasteiger partial charge in [0.2, 0.25) is 0 Å². The molecule has 0 aliphatic carbocycles. The Morgan fingerprint density at radius 1 is 1.31 bits per heavy atom. The fourth-order valence-corrected chi connectivity index (χ4v) is 2.63. The van der Waals surface area contributed by atoms with E-state index >= 15 is 0 Å². The second-order valence-corrected chi connectivity index (χ2v) is 4.71. The SMILES string of the molecule is CCC(=O)c1cccc(-c2sccc2C)c1. The maximum absolute atomic E-state index is 11.6. The number of carbonyl (C=O) groups is 1. The van der Waals surface area contributed by atoms with Gasteiger partial charge in [0.15, 0.2) is 5.78 Å². The van der Waals surface area contributed by atoms with Gasteiger partial charge in [-0.25, -0.2) is 0 Å². The number of hydrogen-bond acceptors (Lipinski definition) is 2. The number of rotatable bonds is 3. The van der Waals surface area contributed by atoms with Crippen molar-refractivity contribution in [2.24, 2.45) is 0 Å². The van der Waals surface area contributed by atoms with Gasteiger partial charge < -0.3 is 0 Å². The molecule has 16 heavy (non-hydrogen) atoms. The largest absolute Gasteiger partial charge is 0.294 e. The summed E-state index contributed by atoms with van der Waals surface area (Å²) in [6.45, 7) is 3.99. The second kappa shape index (κ2) is 4.62. The molecule has 0 spiro atoms. The molecule has 0 unspecified atom stereocenters. The Balaban J connectivity index is 2.44. The lowest BCUT2D eigenvalue weighted by atomic mass is 10.0. The molecular formula is C14H14OS. The third-order valence-corrected chi connectivity index (χ3v) is 3.70. The number of carbonyl (C=O) groups excluding carboxylic acids is 1. The summed E-state index contributed by atoms with van der Waals surface area (Å²) in [5.74, 6) is 0.205. The van der Waals surface area contributed by atoms with Gasteiger partial charge in [-0.05, 0) is 35.6 Å². The Labute approximate surface area is 99.8 Å². The Hall–Kier alpha value is -1.41. The first-order valence-corrected chi connectivity index (χ1v) is 6.28. The van der Waals surface area contributed by atoms with Crippen molar-refractivity contribution >= 4 is 17.1 Å². The van der Waals surface area contributed by atoms with E-state index in [2.05, 4.69) is 24.4 Å². The summed E-state index contributed by atoms with van der Waals surface area (Å²) < 4.78 is 0. The quantitative estimate of drug-likeness (QED) is 0.718. The predicted molar refractivity (Wildman–Crippen MR) is 69.1 cm³/mol. The van der Waals surface area contributed by atoms with Crippen LogP contribution < -0.4 is 0 Å². The van der Waals surface area contributed by atoms with E-state index in [1.54, 1.807) is 11.3 Å². The Morgan fingerprint density at radius 2 is 2.12 bits per heavy atom. The third kappa shape index (κ3) is 2.07. The molecule has 2 aromatic rings. The highest BCUT2D eigenvalue weighted by Crippen LogP contribution is 2.29. The molecule has 2 rings (SSSR count). The molecule has 0 atom stereocenters. The summed E-state index contributed by atoms with van der Waals surface area (Å²) in [6, 6.07) is 10.00. The fourth-order valence-electron chi connectivity index (χ4n) is 1.71. The molecule has 1 heterocycles. The first-order valence-electron chi connectivity index (χ1n) is 5.40. The van der Waals surface area contributed by atoms with Crippen molar-refractivity contribution in [1.82, 2.24) is 0 Å². The highest BCUT2D eigenvalue weighted by Gasteiger charge is 2.07. The summed E-state index contributed by atoms with van der Waals surface area (Å²) >= 11 is 1.72. The van der Waals surface area contributed by atoms with Crippen molar-refractivity contribution in [1.29, 1.82) is 0 Å². The first kappa shape index (κ1) is 11.1. The van der Waals surface area contributed by atoms with Crippen LogP contribution in [0, 0.1) is 6.92 Å². The topological polar surface area (TPSA) is 17.1 Å². The maximum atomic E-state index is 11.6. The van der Waals surface area contributed by atoms with Gasteiger partial charge in [0.1, 0.15) is 0 Å². The van der Waals surface area contributed by atoms with Crippen LogP contribution in [0.4, 0.5) is 0 Å². The van der Waals surface area contributed by atoms with Crippen LogP contribution >= 0.6 is 11.3 Å². The molecule has 0 bridgehead atoms. The van der Waals surface area contributed by atoms with E-state index in [9.17, 15) is 4.79 Å². The molecule has 0 aliphatic heterocycles. The number of Topliss-reactive ketones (excluding diaryl/α,β-unsaturated/α-hetero) is 1. The van der Waals surface area contributed by atoms with Crippen LogP contribution in [0.15, 0.2) is 35.7 Å². The van der Waals surface area contributed by atoms with Gasteiger partial charge in [-0.2, -0.15) is 0 Å². The molecule has 0 N–H and O–H groups in total. The molecule has 0 fully saturated rings. The van der Waals surface area contributed by atoms with Crippen molar-refractivity contribution in [2.45, 2.75) is 20.3 Å². The smallest absolute Gasteiger partial charge is 0.162 e. The van der Waals surface area contributed by atoms with E-state index in [0.717, 1.165) is 11.1 Å². The highest BCUT2D eigenvalue weighted by atomic mass is 32.1. The van der Waals surface area contributed by atoms with Gasteiger partial charge in [0.05, 0.1) is 0 Å². The zero-order chi connectivity index (χ0) is 11.5. The molecule has 1 nitrogen and oxygen atoms in total. The van der Waals surface area contributed by atoms with E-state index in [1.165, 1.54) is 10.4 Å². The van der Waals surface area contributed by atoms with E-state index in [-0.39, 0.29) is 5.78 Å². The molecule has 1 aromatic heterocycles. The molecule has 0 amide bonds. The molecule has 82 valence electrons. The van der Waals surface area contributed by atoms with Gasteiger partial charge in [-0.3, -0.25) is 4.79 Å². The lowest BCUT2D eigenvalue weighted by Gasteiger charge is -2.03. The van der Waals surface area contributed by atoms with Gasteiger partial charge >= 0.3 is 0 Å². The Kier molecular flexibility index (Phi) is 3.20. The predicted octanol–water partition coefficient (Wildman–Crippen LogP) is 4.32. The van der Waals surface area contributed by atoms with Crippen LogP contribution in [-0.2, 0) is 0 Å². The van der Waals surface area contributed by atoms with Gasteiger partial charge in [0, 0.05) is 16.9 Å². The van der Waals surface area contributed by atoms with Crippen LogP contribution in [0.2, 0.25) is 0 Å². The molecule has 1 aromatic carbocycles. The van der Waals surface area contributed by atoms with E-state index in [1.807, 2.05) is 25.1 Å². The number of thiophene rings is 1. The standard InChI is InChI=1S/C14H14OS/c1-3-13(15)11-5-4-6-12(9-11)14-10(2)7-8-16-14/h4-9H,3H2,1-2H3. The molecule has 2 heteroatoms. The van der Waals surface area contributed by atoms with E-state index < -0.39 is 0 Å². The summed E-state index contributed by atoms with van der Waals surface area (Å²) in [7, 11) is 0. The van der Waals surface area contributed by atoms with Crippen molar-refractivity contribution < 1.29 is 4.79 Å².